The van der Waals surface area contributed by atoms with E-state index in [0.29, 0.717) is 41.3 Å². The number of hydrogen-bond acceptors (Lipinski definition) is 5. The summed E-state index contributed by atoms with van der Waals surface area (Å²) in [6.45, 7) is 6.03. The average molecular weight is 600 g/mol. The van der Waals surface area contributed by atoms with Crippen LogP contribution in [0.2, 0.25) is 5.02 Å². The van der Waals surface area contributed by atoms with Crippen LogP contribution in [-0.2, 0) is 13.0 Å². The molecule has 0 aliphatic heterocycles. The van der Waals surface area contributed by atoms with Crippen molar-refractivity contribution in [3.63, 3.8) is 0 Å². The Morgan fingerprint density at radius 1 is 1.26 bits per heavy atom. The summed E-state index contributed by atoms with van der Waals surface area (Å²) in [5.74, 6) is -3.33. The van der Waals surface area contributed by atoms with Gasteiger partial charge < -0.3 is 21.4 Å². The van der Waals surface area contributed by atoms with E-state index < -0.39 is 30.4 Å². The van der Waals surface area contributed by atoms with Crippen LogP contribution < -0.4 is 22.1 Å². The molecule has 0 aliphatic rings. The summed E-state index contributed by atoms with van der Waals surface area (Å²) in [4.78, 5) is 19.9. The molecule has 42 heavy (non-hydrogen) atoms. The summed E-state index contributed by atoms with van der Waals surface area (Å²) in [7, 11) is 0. The van der Waals surface area contributed by atoms with Gasteiger partial charge in [-0.15, -0.1) is 6.58 Å². The van der Waals surface area contributed by atoms with Gasteiger partial charge in [-0.3, -0.25) is 9.98 Å². The fourth-order valence-electron chi connectivity index (χ4n) is 4.48. The van der Waals surface area contributed by atoms with Crippen molar-refractivity contribution in [2.45, 2.75) is 44.7 Å². The van der Waals surface area contributed by atoms with Crippen LogP contribution >= 0.6 is 11.6 Å². The summed E-state index contributed by atoms with van der Waals surface area (Å²) >= 11 is 6.09. The van der Waals surface area contributed by atoms with E-state index in [2.05, 4.69) is 27.2 Å². The van der Waals surface area contributed by atoms with E-state index >= 15 is 0 Å². The molecule has 0 amide bonds. The Labute approximate surface area is 246 Å². The highest BCUT2D eigenvalue weighted by molar-refractivity contribution is 6.31. The van der Waals surface area contributed by atoms with Gasteiger partial charge in [0.25, 0.3) is 5.92 Å². The highest BCUT2D eigenvalue weighted by atomic mass is 35.5. The normalized spacial score (nSPS) is 12.4. The van der Waals surface area contributed by atoms with Gasteiger partial charge >= 0.3 is 5.69 Å². The number of rotatable bonds is 13. The molecule has 0 radical (unpaired) electrons. The van der Waals surface area contributed by atoms with Gasteiger partial charge in [0.1, 0.15) is 5.65 Å². The molecule has 0 saturated carbocycles. The number of fused-ring (bicyclic) bond motifs is 1. The number of nitrogens with one attached hydrogen (secondary N) is 4. The molecule has 2 aromatic carbocycles. The first-order valence-corrected chi connectivity index (χ1v) is 13.8. The monoisotopic (exact) mass is 599 g/mol. The van der Waals surface area contributed by atoms with E-state index in [1.165, 1.54) is 16.7 Å². The molecule has 0 unspecified atom stereocenters. The predicted octanol–water partition coefficient (Wildman–Crippen LogP) is 5.32. The molecule has 8 nitrogen and oxygen atoms in total. The Kier molecular flexibility index (Phi) is 9.87. The van der Waals surface area contributed by atoms with E-state index in [-0.39, 0.29) is 28.7 Å². The average Bonchev–Trinajstić information content (AvgIpc) is 3.37. The minimum atomic E-state index is -3.04. The first-order chi connectivity index (χ1) is 20.0. The first-order valence-electron chi connectivity index (χ1n) is 13.4. The Morgan fingerprint density at radius 2 is 2.00 bits per heavy atom. The van der Waals surface area contributed by atoms with E-state index in [1.807, 2.05) is 30.3 Å². The molecular formula is C30H33ClF3N7O. The molecule has 0 saturated heterocycles. The molecule has 12 heteroatoms. The fraction of sp³-hybridized carbons (Fsp3) is 0.300. The summed E-state index contributed by atoms with van der Waals surface area (Å²) < 4.78 is 43.7. The van der Waals surface area contributed by atoms with Gasteiger partial charge in [-0.05, 0) is 61.2 Å². The van der Waals surface area contributed by atoms with Crippen molar-refractivity contribution in [2.24, 2.45) is 5.73 Å². The number of aryl methyl sites for hydroxylation is 1. The molecule has 0 fully saturated rings. The molecule has 1 atom stereocenters. The Morgan fingerprint density at radius 3 is 2.67 bits per heavy atom. The second-order valence-electron chi connectivity index (χ2n) is 10.1. The van der Waals surface area contributed by atoms with Crippen LogP contribution in [0.3, 0.4) is 0 Å². The smallest absolute Gasteiger partial charge is 0.354 e. The van der Waals surface area contributed by atoms with Crippen LogP contribution in [0.1, 0.15) is 30.9 Å². The summed E-state index contributed by atoms with van der Waals surface area (Å²) in [5, 5.41) is 14.2. The molecular weight excluding hydrogens is 567 g/mol. The molecule has 4 aromatic rings. The lowest BCUT2D eigenvalue weighted by atomic mass is 10.0. The van der Waals surface area contributed by atoms with Crippen molar-refractivity contribution in [3.05, 3.63) is 93.8 Å². The van der Waals surface area contributed by atoms with Gasteiger partial charge in [0.15, 0.2) is 5.82 Å². The molecule has 0 spiro atoms. The maximum Gasteiger partial charge on any atom is 0.354 e. The Balaban J connectivity index is 1.53. The third-order valence-corrected chi connectivity index (χ3v) is 7.15. The topological polar surface area (TPSA) is 125 Å². The third-order valence-electron chi connectivity index (χ3n) is 6.88. The Bertz CT molecular complexity index is 1630. The van der Waals surface area contributed by atoms with E-state index in [9.17, 15) is 18.0 Å². The van der Waals surface area contributed by atoms with Crippen LogP contribution in [0.4, 0.5) is 13.2 Å². The van der Waals surface area contributed by atoms with Gasteiger partial charge in [-0.25, -0.2) is 18.0 Å². The zero-order valence-corrected chi connectivity index (χ0v) is 23.9. The molecule has 4 rings (SSSR count). The lowest BCUT2D eigenvalue weighted by Gasteiger charge is -2.15. The SMILES string of the molecule is C=C[C@@H](CCNC(C)=N)NCc1ccc(-n2cc3cc(-c4cc(CCC(F)(F)CN)cc(Cl)c4F)[nH]c3nc2=O)cc1. The molecule has 2 aromatic heterocycles. The number of H-pyrrole nitrogens is 1. The van der Waals surface area contributed by atoms with Crippen LogP contribution in [0, 0.1) is 11.2 Å². The van der Waals surface area contributed by atoms with Crippen molar-refractivity contribution in [1.29, 1.82) is 5.41 Å². The van der Waals surface area contributed by atoms with Crippen molar-refractivity contribution in [2.75, 3.05) is 13.1 Å². The van der Waals surface area contributed by atoms with Crippen molar-refractivity contribution in [1.82, 2.24) is 25.2 Å². The highest BCUT2D eigenvalue weighted by Crippen LogP contribution is 2.32. The second-order valence-corrected chi connectivity index (χ2v) is 10.5. The standard InChI is InChI=1S/C30H33ClF3N7O/c1-3-22(9-11-37-18(2)36)38-15-19-4-6-23(7-5-19)41-16-21-14-26(39-28(21)40-29(41)42)24-12-20(13-25(31)27(24)32)8-10-30(33,34)17-35/h3-7,12-14,16,22,38H,1,8-11,15,17,35H2,2H3,(H2,36,37)(H,39,40,42)/t22-/m0/s1. The van der Waals surface area contributed by atoms with Gasteiger partial charge in [-0.1, -0.05) is 29.8 Å². The Hall–Kier alpha value is -3.93. The molecule has 0 bridgehead atoms. The molecule has 0 aliphatic carbocycles. The number of aromatic nitrogens is 3. The summed E-state index contributed by atoms with van der Waals surface area (Å²) in [6, 6.07) is 11.9. The largest absolute Gasteiger partial charge is 0.374 e. The zero-order valence-electron chi connectivity index (χ0n) is 23.1. The highest BCUT2D eigenvalue weighted by Gasteiger charge is 2.26. The number of alkyl halides is 2. The molecule has 6 N–H and O–H groups in total. The van der Waals surface area contributed by atoms with Crippen LogP contribution in [0.15, 0.2) is 66.1 Å². The van der Waals surface area contributed by atoms with Crippen LogP contribution in [0.5, 0.6) is 0 Å². The van der Waals surface area contributed by atoms with Gasteiger partial charge in [0, 0.05) is 42.7 Å². The van der Waals surface area contributed by atoms with Crippen molar-refractivity contribution >= 4 is 28.5 Å². The summed E-state index contributed by atoms with van der Waals surface area (Å²) in [6.07, 6.45) is 3.68. The van der Waals surface area contributed by atoms with E-state index in [0.717, 1.165) is 12.0 Å². The summed E-state index contributed by atoms with van der Waals surface area (Å²) in [5.41, 5.74) is 7.29. The lowest BCUT2D eigenvalue weighted by molar-refractivity contribution is 0.00246. The van der Waals surface area contributed by atoms with Gasteiger partial charge in [0.05, 0.1) is 28.8 Å². The maximum absolute atomic E-state index is 15.0. The minimum absolute atomic E-state index is 0.0399. The van der Waals surface area contributed by atoms with E-state index in [1.54, 1.807) is 19.2 Å². The maximum atomic E-state index is 15.0. The van der Waals surface area contributed by atoms with Crippen molar-refractivity contribution in [3.8, 4) is 16.9 Å². The number of benzene rings is 2. The van der Waals surface area contributed by atoms with Crippen LogP contribution in [0.25, 0.3) is 28.0 Å². The number of hydrogen-bond donors (Lipinski definition) is 5. The quantitative estimate of drug-likeness (QED) is 0.0808. The van der Waals surface area contributed by atoms with Gasteiger partial charge in [-0.2, -0.15) is 4.98 Å². The number of aromatic amines is 1. The zero-order chi connectivity index (χ0) is 30.4. The second kappa shape index (κ2) is 13.4. The minimum Gasteiger partial charge on any atom is -0.374 e. The van der Waals surface area contributed by atoms with Gasteiger partial charge in [0.2, 0.25) is 0 Å². The number of halogens is 4. The number of nitrogens with zero attached hydrogens (tertiary/aromatic N) is 2. The first kappa shape index (κ1) is 31.0. The van der Waals surface area contributed by atoms with E-state index in [4.69, 9.17) is 22.7 Å². The lowest BCUT2D eigenvalue weighted by Crippen LogP contribution is -2.31. The number of nitrogens with two attached hydrogens (primary N) is 1. The predicted molar refractivity (Wildman–Crippen MR) is 161 cm³/mol. The molecule has 2 heterocycles. The fourth-order valence-corrected chi connectivity index (χ4v) is 4.72. The molecule has 222 valence electrons. The van der Waals surface area contributed by atoms with Crippen molar-refractivity contribution < 1.29 is 13.2 Å². The third kappa shape index (κ3) is 7.67. The van der Waals surface area contributed by atoms with Crippen LogP contribution in [-0.4, -0.2) is 45.4 Å². The number of amidine groups is 1.